The lowest BCUT2D eigenvalue weighted by Crippen LogP contribution is -2.48. The number of unbranched alkanes of at least 4 members (excludes halogenated alkanes) is 2. The maximum absolute atomic E-state index is 15.0. The van der Waals surface area contributed by atoms with Gasteiger partial charge in [0.05, 0.1) is 6.54 Å². The predicted octanol–water partition coefficient (Wildman–Crippen LogP) is 5.83. The lowest BCUT2D eigenvalue weighted by molar-refractivity contribution is 0.0585. The Morgan fingerprint density at radius 3 is 2.46 bits per heavy atom. The summed E-state index contributed by atoms with van der Waals surface area (Å²) in [5.41, 5.74) is -1.03. The average Bonchev–Trinajstić information content (AvgIpc) is 2.66. The maximum Gasteiger partial charge on any atom is 0.251 e. The molecule has 0 aromatic heterocycles. The number of hydrogen-bond donors (Lipinski definition) is 1. The quantitative estimate of drug-likeness (QED) is 0.397. The summed E-state index contributed by atoms with van der Waals surface area (Å²) in [4.78, 5) is 14.5. The van der Waals surface area contributed by atoms with E-state index in [9.17, 15) is 4.79 Å². The second-order valence-corrected chi connectivity index (χ2v) is 8.16. The van der Waals surface area contributed by atoms with Gasteiger partial charge in [-0.1, -0.05) is 67.3 Å². The third-order valence-electron chi connectivity index (χ3n) is 4.91. The van der Waals surface area contributed by atoms with Gasteiger partial charge in [0, 0.05) is 35.2 Å². The number of nitrogens with zero attached hydrogens (tertiary/aromatic N) is 1. The molecule has 1 fully saturated rings. The largest absolute Gasteiger partial charge is 0.349 e. The van der Waals surface area contributed by atoms with Crippen LogP contribution in [0.15, 0.2) is 42.5 Å². The highest BCUT2D eigenvalue weighted by atomic mass is 35.5. The number of piperidine rings is 1. The van der Waals surface area contributed by atoms with Crippen LogP contribution in [-0.4, -0.2) is 42.7 Å². The lowest BCUT2D eigenvalue weighted by atomic mass is 9.93. The fourth-order valence-corrected chi connectivity index (χ4v) is 3.65. The molecule has 0 spiro atoms. The molecule has 0 bridgehead atoms. The number of likely N-dealkylation sites (tertiary alicyclic amines) is 1. The number of hydrogen-bond acceptors (Lipinski definition) is 2. The van der Waals surface area contributed by atoms with E-state index >= 15 is 4.39 Å². The Bertz CT molecular complexity index is 678. The molecule has 3 nitrogen and oxygen atoms in total. The standard InChI is InChI=1S/C22H29Cl2FN2O/c1-2-3-4-5-6-7-8-11-27-12-9-22(25,10-13-27)17-26-21(28)18-14-19(23)16-20(24)15-18/h5-8,14-16H,2-4,9-13,17H2,1H3,(H,26,28). The molecule has 1 aromatic rings. The van der Waals surface area contributed by atoms with E-state index in [1.165, 1.54) is 25.0 Å². The van der Waals surface area contributed by atoms with Gasteiger partial charge in [-0.3, -0.25) is 9.69 Å². The van der Waals surface area contributed by atoms with E-state index in [2.05, 4.69) is 41.4 Å². The van der Waals surface area contributed by atoms with Gasteiger partial charge in [-0.05, 0) is 37.5 Å². The third kappa shape index (κ3) is 7.94. The molecule has 1 saturated heterocycles. The molecule has 1 aliphatic rings. The lowest BCUT2D eigenvalue weighted by Gasteiger charge is -2.36. The Hall–Kier alpha value is -1.36. The fourth-order valence-electron chi connectivity index (χ4n) is 3.12. The number of carbonyl (C=O) groups excluding carboxylic acids is 1. The smallest absolute Gasteiger partial charge is 0.251 e. The maximum atomic E-state index is 15.0. The van der Waals surface area contributed by atoms with E-state index in [1.807, 2.05) is 0 Å². The monoisotopic (exact) mass is 426 g/mol. The van der Waals surface area contributed by atoms with Gasteiger partial charge in [0.1, 0.15) is 5.67 Å². The molecule has 0 radical (unpaired) electrons. The summed E-state index contributed by atoms with van der Waals surface area (Å²) in [5, 5.41) is 3.45. The van der Waals surface area contributed by atoms with E-state index in [1.54, 1.807) is 6.07 Å². The van der Waals surface area contributed by atoms with Crippen molar-refractivity contribution in [1.82, 2.24) is 10.2 Å². The Morgan fingerprint density at radius 2 is 1.82 bits per heavy atom. The van der Waals surface area contributed by atoms with Gasteiger partial charge < -0.3 is 5.32 Å². The number of carbonyl (C=O) groups is 1. The Kier molecular flexibility index (Phi) is 9.49. The van der Waals surface area contributed by atoms with Crippen molar-refractivity contribution in [3.63, 3.8) is 0 Å². The van der Waals surface area contributed by atoms with Crippen LogP contribution < -0.4 is 5.32 Å². The molecule has 1 amide bonds. The number of halogens is 3. The first-order chi connectivity index (χ1) is 13.4. The summed E-state index contributed by atoms with van der Waals surface area (Å²) < 4.78 is 15.0. The molecule has 1 N–H and O–H groups in total. The second-order valence-electron chi connectivity index (χ2n) is 7.29. The Balaban J connectivity index is 1.73. The van der Waals surface area contributed by atoms with Gasteiger partial charge in [-0.25, -0.2) is 4.39 Å². The van der Waals surface area contributed by atoms with Crippen LogP contribution in [-0.2, 0) is 0 Å². The molecule has 28 heavy (non-hydrogen) atoms. The van der Waals surface area contributed by atoms with Crippen molar-refractivity contribution >= 4 is 29.1 Å². The van der Waals surface area contributed by atoms with E-state index in [0.29, 0.717) is 41.5 Å². The summed E-state index contributed by atoms with van der Waals surface area (Å²) in [6.45, 7) is 4.36. The van der Waals surface area contributed by atoms with Gasteiger partial charge in [0.15, 0.2) is 0 Å². The number of alkyl halides is 1. The van der Waals surface area contributed by atoms with Gasteiger partial charge in [0.2, 0.25) is 0 Å². The van der Waals surface area contributed by atoms with Crippen LogP contribution in [0.4, 0.5) is 4.39 Å². The molecule has 1 heterocycles. The summed E-state index contributed by atoms with van der Waals surface area (Å²) in [7, 11) is 0. The van der Waals surface area contributed by atoms with Crippen molar-refractivity contribution in [1.29, 1.82) is 0 Å². The number of amides is 1. The molecule has 6 heteroatoms. The van der Waals surface area contributed by atoms with E-state index in [4.69, 9.17) is 23.2 Å². The third-order valence-corrected chi connectivity index (χ3v) is 5.35. The summed E-state index contributed by atoms with van der Waals surface area (Å²) in [6, 6.07) is 4.61. The first kappa shape index (κ1) is 22.9. The molecule has 0 unspecified atom stereocenters. The van der Waals surface area contributed by atoms with Gasteiger partial charge in [-0.2, -0.15) is 0 Å². The summed E-state index contributed by atoms with van der Waals surface area (Å²) in [6.07, 6.45) is 12.8. The van der Waals surface area contributed by atoms with Crippen LogP contribution >= 0.6 is 23.2 Å². The molecular weight excluding hydrogens is 398 g/mol. The molecular formula is C22H29Cl2FN2O. The zero-order chi connectivity index (χ0) is 20.4. The number of allylic oxidation sites excluding steroid dienone is 3. The van der Waals surface area contributed by atoms with Crippen LogP contribution in [0.25, 0.3) is 0 Å². The molecule has 2 rings (SSSR count). The SMILES string of the molecule is CCCCC=CC=CCN1CCC(F)(CNC(=O)c2cc(Cl)cc(Cl)c2)CC1. The van der Waals surface area contributed by atoms with Crippen molar-refractivity contribution in [3.05, 3.63) is 58.1 Å². The Morgan fingerprint density at radius 1 is 1.18 bits per heavy atom. The minimum absolute atomic E-state index is 0.000187. The van der Waals surface area contributed by atoms with Crippen molar-refractivity contribution in [2.24, 2.45) is 0 Å². The minimum Gasteiger partial charge on any atom is -0.349 e. The number of nitrogens with one attached hydrogen (secondary N) is 1. The fraction of sp³-hybridized carbons (Fsp3) is 0.500. The molecule has 0 saturated carbocycles. The van der Waals surface area contributed by atoms with Crippen LogP contribution in [0.5, 0.6) is 0 Å². The van der Waals surface area contributed by atoms with Crippen molar-refractivity contribution in [2.75, 3.05) is 26.2 Å². The topological polar surface area (TPSA) is 32.3 Å². The molecule has 1 aliphatic heterocycles. The molecule has 0 aliphatic carbocycles. The highest BCUT2D eigenvalue weighted by Gasteiger charge is 2.34. The average molecular weight is 427 g/mol. The Labute approximate surface area is 177 Å². The van der Waals surface area contributed by atoms with Gasteiger partial charge >= 0.3 is 0 Å². The second kappa shape index (κ2) is 11.6. The van der Waals surface area contributed by atoms with Crippen LogP contribution in [0.1, 0.15) is 49.4 Å². The zero-order valence-corrected chi connectivity index (χ0v) is 17.9. The van der Waals surface area contributed by atoms with Gasteiger partial charge in [-0.15, -0.1) is 0 Å². The molecule has 0 atom stereocenters. The summed E-state index contributed by atoms with van der Waals surface area (Å²) in [5.74, 6) is -0.360. The highest BCUT2D eigenvalue weighted by molar-refractivity contribution is 6.35. The van der Waals surface area contributed by atoms with Gasteiger partial charge in [0.25, 0.3) is 5.91 Å². The highest BCUT2D eigenvalue weighted by Crippen LogP contribution is 2.26. The number of rotatable bonds is 9. The minimum atomic E-state index is -1.38. The molecule has 154 valence electrons. The molecule has 1 aromatic carbocycles. The van der Waals surface area contributed by atoms with Crippen molar-refractivity contribution in [3.8, 4) is 0 Å². The summed E-state index contributed by atoms with van der Waals surface area (Å²) >= 11 is 11.8. The van der Waals surface area contributed by atoms with E-state index in [-0.39, 0.29) is 12.5 Å². The first-order valence-corrected chi connectivity index (χ1v) is 10.6. The first-order valence-electron chi connectivity index (χ1n) is 9.89. The van der Waals surface area contributed by atoms with Crippen LogP contribution in [0, 0.1) is 0 Å². The van der Waals surface area contributed by atoms with E-state index in [0.717, 1.165) is 13.0 Å². The normalized spacial score (nSPS) is 17.4. The van der Waals surface area contributed by atoms with E-state index < -0.39 is 5.67 Å². The van der Waals surface area contributed by atoms with Crippen molar-refractivity contribution in [2.45, 2.75) is 44.7 Å². The van der Waals surface area contributed by atoms with Crippen molar-refractivity contribution < 1.29 is 9.18 Å². The zero-order valence-electron chi connectivity index (χ0n) is 16.4. The van der Waals surface area contributed by atoms with Crippen LogP contribution in [0.2, 0.25) is 10.0 Å². The number of benzene rings is 1. The predicted molar refractivity (Wildman–Crippen MR) is 116 cm³/mol. The van der Waals surface area contributed by atoms with Crippen LogP contribution in [0.3, 0.4) is 0 Å².